The Labute approximate surface area is 114 Å². The van der Waals surface area contributed by atoms with Gasteiger partial charge in [0.2, 0.25) is 0 Å². The maximum Gasteiger partial charge on any atom is 0.120 e. The molecule has 0 saturated carbocycles. The summed E-state index contributed by atoms with van der Waals surface area (Å²) in [6, 6.07) is 12.0. The first-order valence-electron chi connectivity index (χ1n) is 6.74. The molecule has 1 atom stereocenters. The predicted molar refractivity (Wildman–Crippen MR) is 76.3 cm³/mol. The Balaban J connectivity index is 1.80. The molecule has 0 radical (unpaired) electrons. The SMILES string of the molecule is CCC(CNCc1ccco1)Oc1cccc(C)c1. The van der Waals surface area contributed by atoms with Crippen LogP contribution in [0, 0.1) is 6.92 Å². The molecule has 1 unspecified atom stereocenters. The molecule has 3 nitrogen and oxygen atoms in total. The first-order chi connectivity index (χ1) is 9.28. The van der Waals surface area contributed by atoms with Crippen LogP contribution in [-0.2, 0) is 6.54 Å². The third-order valence-electron chi connectivity index (χ3n) is 3.00. The first kappa shape index (κ1) is 13.7. The van der Waals surface area contributed by atoms with E-state index in [9.17, 15) is 0 Å². The van der Waals surface area contributed by atoms with E-state index in [2.05, 4.69) is 31.3 Å². The van der Waals surface area contributed by atoms with Crippen molar-refractivity contribution < 1.29 is 9.15 Å². The zero-order valence-corrected chi connectivity index (χ0v) is 11.6. The van der Waals surface area contributed by atoms with Gasteiger partial charge in [0.25, 0.3) is 0 Å². The van der Waals surface area contributed by atoms with E-state index < -0.39 is 0 Å². The Morgan fingerprint density at radius 1 is 1.26 bits per heavy atom. The van der Waals surface area contributed by atoms with E-state index in [4.69, 9.17) is 9.15 Å². The smallest absolute Gasteiger partial charge is 0.120 e. The van der Waals surface area contributed by atoms with Crippen molar-refractivity contribution in [2.24, 2.45) is 0 Å². The number of nitrogens with one attached hydrogen (secondary N) is 1. The summed E-state index contributed by atoms with van der Waals surface area (Å²) in [5.74, 6) is 1.89. The lowest BCUT2D eigenvalue weighted by Gasteiger charge is -2.18. The van der Waals surface area contributed by atoms with Gasteiger partial charge in [-0.1, -0.05) is 19.1 Å². The quantitative estimate of drug-likeness (QED) is 0.826. The number of hydrogen-bond acceptors (Lipinski definition) is 3. The highest BCUT2D eigenvalue weighted by Gasteiger charge is 2.08. The Morgan fingerprint density at radius 3 is 2.84 bits per heavy atom. The summed E-state index contributed by atoms with van der Waals surface area (Å²) in [5.41, 5.74) is 1.22. The molecule has 1 N–H and O–H groups in total. The van der Waals surface area contributed by atoms with Crippen molar-refractivity contribution in [3.63, 3.8) is 0 Å². The zero-order valence-electron chi connectivity index (χ0n) is 11.6. The van der Waals surface area contributed by atoms with E-state index >= 15 is 0 Å². The van der Waals surface area contributed by atoms with Gasteiger partial charge in [0.15, 0.2) is 0 Å². The lowest BCUT2D eigenvalue weighted by molar-refractivity contribution is 0.192. The normalized spacial score (nSPS) is 12.3. The molecular formula is C16H21NO2. The van der Waals surface area contributed by atoms with Crippen molar-refractivity contribution >= 4 is 0 Å². The topological polar surface area (TPSA) is 34.4 Å². The number of benzene rings is 1. The summed E-state index contributed by atoms with van der Waals surface area (Å²) in [4.78, 5) is 0. The van der Waals surface area contributed by atoms with Gasteiger partial charge in [0, 0.05) is 6.54 Å². The maximum absolute atomic E-state index is 5.97. The van der Waals surface area contributed by atoms with Gasteiger partial charge in [-0.15, -0.1) is 0 Å². The van der Waals surface area contributed by atoms with Gasteiger partial charge in [-0.3, -0.25) is 0 Å². The van der Waals surface area contributed by atoms with Crippen molar-refractivity contribution in [3.05, 3.63) is 54.0 Å². The zero-order chi connectivity index (χ0) is 13.5. The van der Waals surface area contributed by atoms with Crippen molar-refractivity contribution in [1.29, 1.82) is 0 Å². The van der Waals surface area contributed by atoms with E-state index in [0.717, 1.165) is 31.0 Å². The van der Waals surface area contributed by atoms with Gasteiger partial charge >= 0.3 is 0 Å². The molecule has 2 aromatic rings. The van der Waals surface area contributed by atoms with E-state index in [-0.39, 0.29) is 6.10 Å². The summed E-state index contributed by atoms with van der Waals surface area (Å²) >= 11 is 0. The van der Waals surface area contributed by atoms with Crippen molar-refractivity contribution in [3.8, 4) is 5.75 Å². The molecule has 0 bridgehead atoms. The summed E-state index contributed by atoms with van der Waals surface area (Å²) in [6.07, 6.45) is 2.84. The van der Waals surface area contributed by atoms with Crippen LogP contribution in [0.25, 0.3) is 0 Å². The maximum atomic E-state index is 5.97. The molecular weight excluding hydrogens is 238 g/mol. The lowest BCUT2D eigenvalue weighted by Crippen LogP contribution is -2.30. The molecule has 0 aliphatic rings. The van der Waals surface area contributed by atoms with Crippen LogP contribution in [0.1, 0.15) is 24.7 Å². The largest absolute Gasteiger partial charge is 0.489 e. The molecule has 0 aliphatic carbocycles. The molecule has 1 aromatic carbocycles. The summed E-state index contributed by atoms with van der Waals surface area (Å²) < 4.78 is 11.3. The third kappa shape index (κ3) is 4.45. The fourth-order valence-corrected chi connectivity index (χ4v) is 1.92. The average Bonchev–Trinajstić information content (AvgIpc) is 2.91. The van der Waals surface area contributed by atoms with Crippen LogP contribution < -0.4 is 10.1 Å². The second kappa shape index (κ2) is 7.00. The highest BCUT2D eigenvalue weighted by Crippen LogP contribution is 2.15. The average molecular weight is 259 g/mol. The fourth-order valence-electron chi connectivity index (χ4n) is 1.92. The standard InChI is InChI=1S/C16H21NO2/c1-3-14(11-17-12-16-8-5-9-18-16)19-15-7-4-6-13(2)10-15/h4-10,14,17H,3,11-12H2,1-2H3. The summed E-state index contributed by atoms with van der Waals surface area (Å²) in [6.45, 7) is 5.75. The van der Waals surface area contributed by atoms with Crippen LogP contribution in [0.3, 0.4) is 0 Å². The number of ether oxygens (including phenoxy) is 1. The number of aryl methyl sites for hydroxylation is 1. The van der Waals surface area contributed by atoms with Crippen molar-refractivity contribution in [2.45, 2.75) is 32.9 Å². The third-order valence-corrected chi connectivity index (χ3v) is 3.00. The Bertz CT molecular complexity index is 479. The van der Waals surface area contributed by atoms with Crippen molar-refractivity contribution in [1.82, 2.24) is 5.32 Å². The molecule has 1 aromatic heterocycles. The van der Waals surface area contributed by atoms with Gasteiger partial charge < -0.3 is 14.5 Å². The highest BCUT2D eigenvalue weighted by atomic mass is 16.5. The minimum atomic E-state index is 0.178. The van der Waals surface area contributed by atoms with Gasteiger partial charge in [-0.2, -0.15) is 0 Å². The molecule has 1 heterocycles. The van der Waals surface area contributed by atoms with Gasteiger partial charge in [0.1, 0.15) is 17.6 Å². The molecule has 0 fully saturated rings. The minimum Gasteiger partial charge on any atom is -0.489 e. The molecule has 3 heteroatoms. The monoisotopic (exact) mass is 259 g/mol. The molecule has 0 saturated heterocycles. The lowest BCUT2D eigenvalue weighted by atomic mass is 10.2. The number of hydrogen-bond donors (Lipinski definition) is 1. The second-order valence-electron chi connectivity index (χ2n) is 4.67. The van der Waals surface area contributed by atoms with Crippen LogP contribution in [0.2, 0.25) is 0 Å². The van der Waals surface area contributed by atoms with E-state index in [1.165, 1.54) is 5.56 Å². The van der Waals surface area contributed by atoms with E-state index in [1.54, 1.807) is 6.26 Å². The van der Waals surface area contributed by atoms with Crippen LogP contribution in [0.15, 0.2) is 47.1 Å². The fraction of sp³-hybridized carbons (Fsp3) is 0.375. The predicted octanol–water partition coefficient (Wildman–Crippen LogP) is 3.54. The van der Waals surface area contributed by atoms with Gasteiger partial charge in [0.05, 0.1) is 12.8 Å². The molecule has 19 heavy (non-hydrogen) atoms. The Hall–Kier alpha value is -1.74. The first-order valence-corrected chi connectivity index (χ1v) is 6.74. The molecule has 2 rings (SSSR count). The van der Waals surface area contributed by atoms with Crippen LogP contribution >= 0.6 is 0 Å². The number of furan rings is 1. The second-order valence-corrected chi connectivity index (χ2v) is 4.67. The van der Waals surface area contributed by atoms with Crippen molar-refractivity contribution in [2.75, 3.05) is 6.54 Å². The van der Waals surface area contributed by atoms with Crippen LogP contribution in [-0.4, -0.2) is 12.6 Å². The van der Waals surface area contributed by atoms with Gasteiger partial charge in [-0.25, -0.2) is 0 Å². The Morgan fingerprint density at radius 2 is 2.16 bits per heavy atom. The van der Waals surface area contributed by atoms with Gasteiger partial charge in [-0.05, 0) is 43.2 Å². The van der Waals surface area contributed by atoms with Crippen LogP contribution in [0.5, 0.6) is 5.75 Å². The molecule has 102 valence electrons. The van der Waals surface area contributed by atoms with E-state index in [0.29, 0.717) is 0 Å². The highest BCUT2D eigenvalue weighted by molar-refractivity contribution is 5.27. The molecule has 0 amide bonds. The number of rotatable bonds is 7. The molecule has 0 aliphatic heterocycles. The summed E-state index contributed by atoms with van der Waals surface area (Å²) in [7, 11) is 0. The minimum absolute atomic E-state index is 0.178. The Kier molecular flexibility index (Phi) is 5.04. The van der Waals surface area contributed by atoms with E-state index in [1.807, 2.05) is 24.3 Å². The summed E-state index contributed by atoms with van der Waals surface area (Å²) in [5, 5.41) is 3.35. The van der Waals surface area contributed by atoms with Crippen LogP contribution in [0.4, 0.5) is 0 Å². The molecule has 0 spiro atoms.